The van der Waals surface area contributed by atoms with Gasteiger partial charge in [-0.05, 0) is 29.8 Å². The second-order valence-electron chi connectivity index (χ2n) is 6.09. The first-order valence-electron chi connectivity index (χ1n) is 9.28. The number of carbonyl (C=O) groups is 1. The maximum absolute atomic E-state index is 11.2. The fourth-order valence-electron chi connectivity index (χ4n) is 2.43. The summed E-state index contributed by atoms with van der Waals surface area (Å²) in [4.78, 5) is 15.5. The number of amides is 1. The van der Waals surface area contributed by atoms with E-state index in [2.05, 4.69) is 25.7 Å². The molecular formula is C21H29IN4O4. The molecule has 2 aromatic carbocycles. The smallest absolute Gasteiger partial charge is 0.411 e. The lowest BCUT2D eigenvalue weighted by molar-refractivity contribution is 0.172. The fourth-order valence-corrected chi connectivity index (χ4v) is 2.43. The normalized spacial score (nSPS) is 10.6. The molecular weight excluding hydrogens is 499 g/mol. The summed E-state index contributed by atoms with van der Waals surface area (Å²) in [5, 5.41) is 9.12. The van der Waals surface area contributed by atoms with E-state index in [-0.39, 0.29) is 24.0 Å². The first kappa shape index (κ1) is 25.5. The van der Waals surface area contributed by atoms with E-state index < -0.39 is 6.09 Å². The number of halogens is 1. The molecule has 8 nitrogen and oxygen atoms in total. The predicted molar refractivity (Wildman–Crippen MR) is 130 cm³/mol. The molecule has 0 atom stereocenters. The number of methoxy groups -OCH3 is 2. The van der Waals surface area contributed by atoms with Crippen molar-refractivity contribution < 1.29 is 19.0 Å². The van der Waals surface area contributed by atoms with Gasteiger partial charge in [0.1, 0.15) is 5.75 Å². The number of guanidine groups is 1. The summed E-state index contributed by atoms with van der Waals surface area (Å²) >= 11 is 0. The van der Waals surface area contributed by atoms with Gasteiger partial charge in [-0.2, -0.15) is 0 Å². The minimum Gasteiger partial charge on any atom is -0.493 e. The number of nitrogens with one attached hydrogen (secondary N) is 3. The quantitative estimate of drug-likeness (QED) is 0.197. The van der Waals surface area contributed by atoms with Gasteiger partial charge in [0.05, 0.1) is 13.7 Å². The Morgan fingerprint density at radius 2 is 1.77 bits per heavy atom. The van der Waals surface area contributed by atoms with Crippen LogP contribution in [-0.4, -0.2) is 46.5 Å². The zero-order valence-electron chi connectivity index (χ0n) is 17.4. The Balaban J connectivity index is 0.00000450. The van der Waals surface area contributed by atoms with Crippen LogP contribution in [0.3, 0.4) is 0 Å². The summed E-state index contributed by atoms with van der Waals surface area (Å²) in [6.07, 6.45) is 0.344. The zero-order chi connectivity index (χ0) is 20.9. The molecule has 0 aliphatic heterocycles. The number of nitrogens with zero attached hydrogens (tertiary/aromatic N) is 1. The molecule has 2 aromatic rings. The second-order valence-corrected chi connectivity index (χ2v) is 6.09. The van der Waals surface area contributed by atoms with E-state index in [1.165, 1.54) is 7.11 Å². The Morgan fingerprint density at radius 1 is 1.00 bits per heavy atom. The van der Waals surface area contributed by atoms with E-state index in [4.69, 9.17) is 9.47 Å². The van der Waals surface area contributed by atoms with Crippen LogP contribution in [0.4, 0.5) is 16.2 Å². The minimum atomic E-state index is -0.495. The van der Waals surface area contributed by atoms with Crippen molar-refractivity contribution in [2.75, 3.05) is 45.1 Å². The highest BCUT2D eigenvalue weighted by molar-refractivity contribution is 14.0. The number of ether oxygens (including phenoxy) is 3. The van der Waals surface area contributed by atoms with E-state index in [9.17, 15) is 4.79 Å². The number of rotatable bonds is 9. The van der Waals surface area contributed by atoms with Gasteiger partial charge in [-0.1, -0.05) is 18.2 Å². The number of hydrogen-bond donors (Lipinski definition) is 3. The Kier molecular flexibility index (Phi) is 12.3. The summed E-state index contributed by atoms with van der Waals surface area (Å²) < 4.78 is 15.3. The van der Waals surface area contributed by atoms with E-state index in [1.807, 2.05) is 48.5 Å². The van der Waals surface area contributed by atoms with Gasteiger partial charge in [0.25, 0.3) is 0 Å². The molecule has 2 rings (SSSR count). The average Bonchev–Trinajstić information content (AvgIpc) is 2.75. The number of carbonyl (C=O) groups excluding carboxylic acids is 1. The van der Waals surface area contributed by atoms with Gasteiger partial charge in [0, 0.05) is 51.2 Å². The number of hydrogen-bond acceptors (Lipinski definition) is 5. The number of aliphatic imine (C=N–C) groups is 1. The molecule has 0 saturated heterocycles. The van der Waals surface area contributed by atoms with Crippen molar-refractivity contribution in [3.8, 4) is 5.75 Å². The molecule has 164 valence electrons. The van der Waals surface area contributed by atoms with Gasteiger partial charge in [0.2, 0.25) is 0 Å². The lowest BCUT2D eigenvalue weighted by Crippen LogP contribution is -2.30. The Labute approximate surface area is 194 Å². The lowest BCUT2D eigenvalue weighted by atomic mass is 10.2. The third-order valence-corrected chi connectivity index (χ3v) is 3.93. The summed E-state index contributed by atoms with van der Waals surface area (Å²) in [7, 11) is 4.72. The monoisotopic (exact) mass is 528 g/mol. The minimum absolute atomic E-state index is 0. The van der Waals surface area contributed by atoms with Crippen molar-refractivity contribution >= 4 is 47.4 Å². The van der Waals surface area contributed by atoms with Gasteiger partial charge in [-0.25, -0.2) is 4.79 Å². The maximum atomic E-state index is 11.2. The van der Waals surface area contributed by atoms with E-state index in [0.29, 0.717) is 31.4 Å². The number of benzene rings is 2. The van der Waals surface area contributed by atoms with Crippen molar-refractivity contribution in [1.82, 2.24) is 5.32 Å². The van der Waals surface area contributed by atoms with Crippen LogP contribution in [0.1, 0.15) is 12.0 Å². The molecule has 0 aliphatic rings. The highest BCUT2D eigenvalue weighted by Crippen LogP contribution is 2.17. The first-order valence-corrected chi connectivity index (χ1v) is 9.28. The van der Waals surface area contributed by atoms with Gasteiger partial charge >= 0.3 is 6.09 Å². The molecule has 0 spiro atoms. The number of anilines is 2. The van der Waals surface area contributed by atoms with Crippen molar-refractivity contribution in [2.24, 2.45) is 4.99 Å². The molecule has 3 N–H and O–H groups in total. The highest BCUT2D eigenvalue weighted by atomic mass is 127. The lowest BCUT2D eigenvalue weighted by Gasteiger charge is -2.13. The van der Waals surface area contributed by atoms with Gasteiger partial charge < -0.3 is 24.8 Å². The third-order valence-electron chi connectivity index (χ3n) is 3.93. The van der Waals surface area contributed by atoms with Crippen LogP contribution in [0.5, 0.6) is 5.75 Å². The van der Waals surface area contributed by atoms with E-state index in [0.717, 1.165) is 23.4 Å². The fraction of sp³-hybridized carbons (Fsp3) is 0.333. The molecule has 0 radical (unpaired) electrons. The molecule has 0 aliphatic carbocycles. The summed E-state index contributed by atoms with van der Waals surface area (Å²) in [5.41, 5.74) is 2.59. The summed E-state index contributed by atoms with van der Waals surface area (Å²) in [6.45, 7) is 1.85. The Hall–Kier alpha value is -2.53. The highest BCUT2D eigenvalue weighted by Gasteiger charge is 2.03. The van der Waals surface area contributed by atoms with Crippen LogP contribution >= 0.6 is 24.0 Å². The van der Waals surface area contributed by atoms with Crippen LogP contribution in [-0.2, 0) is 16.0 Å². The maximum Gasteiger partial charge on any atom is 0.411 e. The summed E-state index contributed by atoms with van der Waals surface area (Å²) in [5.74, 6) is 1.42. The van der Waals surface area contributed by atoms with Crippen LogP contribution in [0.2, 0.25) is 0 Å². The van der Waals surface area contributed by atoms with Crippen molar-refractivity contribution in [1.29, 1.82) is 0 Å². The Morgan fingerprint density at radius 3 is 2.43 bits per heavy atom. The zero-order valence-corrected chi connectivity index (χ0v) is 19.8. The van der Waals surface area contributed by atoms with E-state index >= 15 is 0 Å². The third kappa shape index (κ3) is 9.31. The van der Waals surface area contributed by atoms with Crippen molar-refractivity contribution in [3.05, 3.63) is 54.1 Å². The summed E-state index contributed by atoms with van der Waals surface area (Å²) in [6, 6.07) is 15.2. The Bertz CT molecular complexity index is 800. The van der Waals surface area contributed by atoms with Crippen LogP contribution in [0, 0.1) is 0 Å². The molecule has 0 aromatic heterocycles. The van der Waals surface area contributed by atoms with Gasteiger partial charge in [-0.3, -0.25) is 10.3 Å². The molecule has 0 heterocycles. The topological polar surface area (TPSA) is 93.2 Å². The van der Waals surface area contributed by atoms with Gasteiger partial charge in [-0.15, -0.1) is 24.0 Å². The van der Waals surface area contributed by atoms with Crippen LogP contribution in [0.15, 0.2) is 53.5 Å². The van der Waals surface area contributed by atoms with E-state index in [1.54, 1.807) is 14.2 Å². The molecule has 30 heavy (non-hydrogen) atoms. The SMILES string of the molecule is CN=C(NCc1ccc(NC(=O)OC)cc1)Nc1cccc(OCCCOC)c1.I. The molecule has 0 bridgehead atoms. The largest absolute Gasteiger partial charge is 0.493 e. The van der Waals surface area contributed by atoms with Crippen molar-refractivity contribution in [2.45, 2.75) is 13.0 Å². The molecule has 9 heteroatoms. The van der Waals surface area contributed by atoms with Crippen LogP contribution < -0.4 is 20.7 Å². The van der Waals surface area contributed by atoms with Crippen LogP contribution in [0.25, 0.3) is 0 Å². The standard InChI is InChI=1S/C21H28N4O4.HI/c1-22-20(23-15-16-8-10-17(11-9-16)25-21(26)28-3)24-18-6-4-7-19(14-18)29-13-5-12-27-2;/h4,6-11,14H,5,12-13,15H2,1-3H3,(H,25,26)(H2,22,23,24);1H. The molecule has 1 amide bonds. The first-order chi connectivity index (χ1) is 14.1. The predicted octanol–water partition coefficient (Wildman–Crippen LogP) is 4.09. The molecule has 0 saturated carbocycles. The van der Waals surface area contributed by atoms with Gasteiger partial charge in [0.15, 0.2) is 5.96 Å². The second kappa shape index (κ2) is 14.5. The molecule has 0 fully saturated rings. The molecule has 0 unspecified atom stereocenters. The van der Waals surface area contributed by atoms with Crippen molar-refractivity contribution in [3.63, 3.8) is 0 Å². The average molecular weight is 528 g/mol.